The molecule has 0 aliphatic heterocycles. The van der Waals surface area contributed by atoms with E-state index in [1.54, 1.807) is 0 Å². The van der Waals surface area contributed by atoms with Crippen LogP contribution in [0, 0.1) is 0 Å². The van der Waals surface area contributed by atoms with Gasteiger partial charge in [0.15, 0.2) is 0 Å². The van der Waals surface area contributed by atoms with Crippen LogP contribution in [-0.2, 0) is 6.42 Å². The number of nitrogens with zero attached hydrogens (tertiary/aromatic N) is 1. The third-order valence-electron chi connectivity index (χ3n) is 3.27. The highest BCUT2D eigenvalue weighted by Crippen LogP contribution is 2.19. The SMILES string of the molecule is C=CCN(CC)C(O)Cc1c[nH]c2ccccc12. The van der Waals surface area contributed by atoms with Crippen LogP contribution in [0.4, 0.5) is 0 Å². The molecule has 3 heteroatoms. The molecule has 1 heterocycles. The van der Waals surface area contributed by atoms with Crippen molar-refractivity contribution >= 4 is 10.9 Å². The molecule has 3 nitrogen and oxygen atoms in total. The molecule has 0 fully saturated rings. The molecule has 18 heavy (non-hydrogen) atoms. The van der Waals surface area contributed by atoms with Crippen LogP contribution in [0.15, 0.2) is 43.1 Å². The number of aliphatic hydroxyl groups excluding tert-OH is 1. The fourth-order valence-electron chi connectivity index (χ4n) is 2.25. The number of para-hydroxylation sites is 1. The molecule has 0 aliphatic rings. The van der Waals surface area contributed by atoms with Crippen molar-refractivity contribution in [2.45, 2.75) is 19.6 Å². The maximum absolute atomic E-state index is 10.2. The number of aromatic nitrogens is 1. The first-order chi connectivity index (χ1) is 8.76. The summed E-state index contributed by atoms with van der Waals surface area (Å²) >= 11 is 0. The van der Waals surface area contributed by atoms with Crippen LogP contribution in [0.1, 0.15) is 12.5 Å². The molecular formula is C15H20N2O. The number of nitrogens with one attached hydrogen (secondary N) is 1. The van der Waals surface area contributed by atoms with Gasteiger partial charge in [0.25, 0.3) is 0 Å². The van der Waals surface area contributed by atoms with Crippen molar-refractivity contribution in [1.29, 1.82) is 0 Å². The van der Waals surface area contributed by atoms with E-state index in [4.69, 9.17) is 0 Å². The molecule has 0 amide bonds. The molecule has 0 bridgehead atoms. The van der Waals surface area contributed by atoms with Crippen molar-refractivity contribution in [1.82, 2.24) is 9.88 Å². The fourth-order valence-corrected chi connectivity index (χ4v) is 2.25. The summed E-state index contributed by atoms with van der Waals surface area (Å²) in [5, 5.41) is 11.4. The molecule has 1 unspecified atom stereocenters. The number of likely N-dealkylation sites (N-methyl/N-ethyl adjacent to an activating group) is 1. The van der Waals surface area contributed by atoms with Gasteiger partial charge < -0.3 is 10.1 Å². The lowest BCUT2D eigenvalue weighted by Gasteiger charge is -2.24. The van der Waals surface area contributed by atoms with Crippen molar-refractivity contribution in [3.8, 4) is 0 Å². The quantitative estimate of drug-likeness (QED) is 0.605. The predicted octanol–water partition coefficient (Wildman–Crippen LogP) is 2.54. The number of aromatic amines is 1. The van der Waals surface area contributed by atoms with E-state index in [0.29, 0.717) is 13.0 Å². The zero-order valence-electron chi connectivity index (χ0n) is 10.8. The highest BCUT2D eigenvalue weighted by Gasteiger charge is 2.15. The maximum atomic E-state index is 10.2. The van der Waals surface area contributed by atoms with E-state index >= 15 is 0 Å². The molecule has 0 saturated heterocycles. The summed E-state index contributed by atoms with van der Waals surface area (Å²) in [5.41, 5.74) is 2.27. The van der Waals surface area contributed by atoms with Gasteiger partial charge in [0.1, 0.15) is 6.23 Å². The highest BCUT2D eigenvalue weighted by molar-refractivity contribution is 5.83. The first kappa shape index (κ1) is 12.9. The smallest absolute Gasteiger partial charge is 0.111 e. The van der Waals surface area contributed by atoms with Gasteiger partial charge in [-0.05, 0) is 18.2 Å². The lowest BCUT2D eigenvalue weighted by atomic mass is 10.1. The van der Waals surface area contributed by atoms with Crippen LogP contribution in [-0.4, -0.2) is 34.3 Å². The molecule has 0 saturated carbocycles. The van der Waals surface area contributed by atoms with Gasteiger partial charge in [0.2, 0.25) is 0 Å². The first-order valence-corrected chi connectivity index (χ1v) is 6.34. The highest BCUT2D eigenvalue weighted by atomic mass is 16.3. The number of rotatable bonds is 6. The second kappa shape index (κ2) is 5.85. The van der Waals surface area contributed by atoms with E-state index < -0.39 is 6.23 Å². The Hall–Kier alpha value is -1.58. The van der Waals surface area contributed by atoms with Crippen molar-refractivity contribution in [2.24, 2.45) is 0 Å². The molecular weight excluding hydrogens is 224 g/mol. The Morgan fingerprint density at radius 2 is 2.22 bits per heavy atom. The second-order valence-electron chi connectivity index (χ2n) is 4.42. The van der Waals surface area contributed by atoms with Gasteiger partial charge in [-0.25, -0.2) is 0 Å². The summed E-state index contributed by atoms with van der Waals surface area (Å²) in [6.45, 7) is 7.29. The zero-order valence-corrected chi connectivity index (χ0v) is 10.8. The lowest BCUT2D eigenvalue weighted by Crippen LogP contribution is -2.36. The topological polar surface area (TPSA) is 39.3 Å². The minimum Gasteiger partial charge on any atom is -0.378 e. The molecule has 1 aromatic heterocycles. The minimum atomic E-state index is -0.466. The average Bonchev–Trinajstić information content (AvgIpc) is 2.79. The van der Waals surface area contributed by atoms with Crippen molar-refractivity contribution in [2.75, 3.05) is 13.1 Å². The Labute approximate surface area is 108 Å². The largest absolute Gasteiger partial charge is 0.378 e. The number of aliphatic hydroxyl groups is 1. The van der Waals surface area contributed by atoms with E-state index in [1.807, 2.05) is 42.3 Å². The molecule has 0 radical (unpaired) electrons. The molecule has 0 aliphatic carbocycles. The summed E-state index contributed by atoms with van der Waals surface area (Å²) in [6, 6.07) is 8.16. The van der Waals surface area contributed by atoms with Gasteiger partial charge in [-0.2, -0.15) is 0 Å². The normalized spacial score (nSPS) is 13.1. The number of fused-ring (bicyclic) bond motifs is 1. The van der Waals surface area contributed by atoms with E-state index in [2.05, 4.69) is 17.6 Å². The average molecular weight is 244 g/mol. The summed E-state index contributed by atoms with van der Waals surface area (Å²) in [7, 11) is 0. The van der Waals surface area contributed by atoms with Gasteiger partial charge in [-0.1, -0.05) is 31.2 Å². The van der Waals surface area contributed by atoms with Gasteiger partial charge in [-0.15, -0.1) is 6.58 Å². The Balaban J connectivity index is 2.15. The molecule has 0 spiro atoms. The van der Waals surface area contributed by atoms with Crippen molar-refractivity contribution < 1.29 is 5.11 Å². The van der Waals surface area contributed by atoms with Crippen LogP contribution in [0.3, 0.4) is 0 Å². The van der Waals surface area contributed by atoms with Crippen LogP contribution in [0.5, 0.6) is 0 Å². The van der Waals surface area contributed by atoms with Crippen LogP contribution >= 0.6 is 0 Å². The van der Waals surface area contributed by atoms with E-state index in [1.165, 1.54) is 5.39 Å². The van der Waals surface area contributed by atoms with Crippen LogP contribution < -0.4 is 0 Å². The maximum Gasteiger partial charge on any atom is 0.111 e. The molecule has 1 atom stereocenters. The summed E-state index contributed by atoms with van der Waals surface area (Å²) in [6.07, 6.45) is 3.97. The van der Waals surface area contributed by atoms with Gasteiger partial charge in [-0.3, -0.25) is 4.90 Å². The monoisotopic (exact) mass is 244 g/mol. The Bertz CT molecular complexity index is 518. The van der Waals surface area contributed by atoms with Crippen molar-refractivity contribution in [3.63, 3.8) is 0 Å². The Morgan fingerprint density at radius 1 is 1.44 bits per heavy atom. The Morgan fingerprint density at radius 3 is 2.94 bits per heavy atom. The number of H-pyrrole nitrogens is 1. The number of hydrogen-bond acceptors (Lipinski definition) is 2. The summed E-state index contributed by atoms with van der Waals surface area (Å²) in [4.78, 5) is 5.23. The zero-order chi connectivity index (χ0) is 13.0. The molecule has 2 aromatic rings. The van der Waals surface area contributed by atoms with Crippen LogP contribution in [0.25, 0.3) is 10.9 Å². The van der Waals surface area contributed by atoms with Gasteiger partial charge in [0, 0.05) is 30.1 Å². The first-order valence-electron chi connectivity index (χ1n) is 6.34. The Kier molecular flexibility index (Phi) is 4.18. The minimum absolute atomic E-state index is 0.466. The predicted molar refractivity (Wildman–Crippen MR) is 75.5 cm³/mol. The molecule has 96 valence electrons. The van der Waals surface area contributed by atoms with Gasteiger partial charge >= 0.3 is 0 Å². The van der Waals surface area contributed by atoms with Crippen LogP contribution in [0.2, 0.25) is 0 Å². The standard InChI is InChI=1S/C15H20N2O/c1-3-9-17(4-2)15(18)10-12-11-16-14-8-6-5-7-13(12)14/h3,5-8,11,15-16,18H,1,4,9-10H2,2H3. The molecule has 2 N–H and O–H groups in total. The lowest BCUT2D eigenvalue weighted by molar-refractivity contribution is 0.0162. The number of hydrogen-bond donors (Lipinski definition) is 2. The summed E-state index contributed by atoms with van der Waals surface area (Å²) < 4.78 is 0. The third kappa shape index (κ3) is 2.63. The van der Waals surface area contributed by atoms with E-state index in [-0.39, 0.29) is 0 Å². The summed E-state index contributed by atoms with van der Waals surface area (Å²) in [5.74, 6) is 0. The molecule has 1 aromatic carbocycles. The fraction of sp³-hybridized carbons (Fsp3) is 0.333. The second-order valence-corrected chi connectivity index (χ2v) is 4.42. The van der Waals surface area contributed by atoms with Gasteiger partial charge in [0.05, 0.1) is 0 Å². The number of benzene rings is 1. The van der Waals surface area contributed by atoms with Crippen molar-refractivity contribution in [3.05, 3.63) is 48.7 Å². The molecule has 2 rings (SSSR count). The van der Waals surface area contributed by atoms with E-state index in [9.17, 15) is 5.11 Å². The van der Waals surface area contributed by atoms with E-state index in [0.717, 1.165) is 17.6 Å². The third-order valence-corrected chi connectivity index (χ3v) is 3.27.